The Bertz CT molecular complexity index is 412. The van der Waals surface area contributed by atoms with Gasteiger partial charge in [-0.05, 0) is 43.5 Å². The summed E-state index contributed by atoms with van der Waals surface area (Å²) in [4.78, 5) is 4.58. The van der Waals surface area contributed by atoms with E-state index in [1.807, 2.05) is 0 Å². The van der Waals surface area contributed by atoms with E-state index in [0.29, 0.717) is 11.9 Å². The first kappa shape index (κ1) is 9.82. The van der Waals surface area contributed by atoms with Gasteiger partial charge in [-0.25, -0.2) is 9.38 Å². The molecular weight excluding hydrogens is 205 g/mol. The molecule has 0 aromatic heterocycles. The highest BCUT2D eigenvalue weighted by atomic mass is 19.1. The summed E-state index contributed by atoms with van der Waals surface area (Å²) in [6, 6.07) is 6.68. The molecule has 1 aliphatic carbocycles. The van der Waals surface area contributed by atoms with Crippen molar-refractivity contribution >= 4 is 5.90 Å². The molecule has 1 aliphatic heterocycles. The molecule has 0 bridgehead atoms. The third-order valence-electron chi connectivity index (χ3n) is 3.30. The average molecular weight is 219 g/mol. The molecule has 2 aliphatic rings. The Labute approximate surface area is 94.1 Å². The molecule has 1 fully saturated rings. The van der Waals surface area contributed by atoms with Crippen LogP contribution in [0.3, 0.4) is 0 Å². The number of aliphatic imine (C=N–C) groups is 1. The van der Waals surface area contributed by atoms with Gasteiger partial charge >= 0.3 is 0 Å². The second-order valence-electron chi connectivity index (χ2n) is 4.45. The number of nitrogens with zero attached hydrogens (tertiary/aromatic N) is 1. The first-order valence-corrected chi connectivity index (χ1v) is 5.83. The van der Waals surface area contributed by atoms with Crippen molar-refractivity contribution in [2.75, 3.05) is 0 Å². The standard InChI is InChI=1S/C13H14FNO/c14-10-7-5-9(6-8-10)13-15-11-3-1-2-4-12(11)16-13/h5-8,11-12H,1-4H2/t11-,12+/m1/s1. The lowest BCUT2D eigenvalue weighted by Gasteiger charge is -2.21. The van der Waals surface area contributed by atoms with E-state index in [1.165, 1.54) is 25.0 Å². The van der Waals surface area contributed by atoms with E-state index in [4.69, 9.17) is 4.74 Å². The number of ether oxygens (including phenoxy) is 1. The highest BCUT2D eigenvalue weighted by molar-refractivity contribution is 5.95. The van der Waals surface area contributed by atoms with Crippen molar-refractivity contribution in [3.8, 4) is 0 Å². The SMILES string of the molecule is Fc1ccc(C2=N[C@@H]3CCCC[C@@H]3O2)cc1. The molecule has 1 saturated carbocycles. The van der Waals surface area contributed by atoms with Crippen LogP contribution in [0.25, 0.3) is 0 Å². The minimum absolute atomic E-state index is 0.222. The van der Waals surface area contributed by atoms with Gasteiger partial charge in [0, 0.05) is 5.56 Å². The summed E-state index contributed by atoms with van der Waals surface area (Å²) >= 11 is 0. The molecule has 0 amide bonds. The zero-order valence-electron chi connectivity index (χ0n) is 9.03. The molecule has 3 rings (SSSR count). The van der Waals surface area contributed by atoms with Crippen molar-refractivity contribution in [3.05, 3.63) is 35.6 Å². The molecule has 2 atom stereocenters. The van der Waals surface area contributed by atoms with Crippen LogP contribution in [-0.4, -0.2) is 18.0 Å². The summed E-state index contributed by atoms with van der Waals surface area (Å²) < 4.78 is 18.6. The largest absolute Gasteiger partial charge is 0.472 e. The van der Waals surface area contributed by atoms with Gasteiger partial charge in [-0.1, -0.05) is 6.42 Å². The summed E-state index contributed by atoms with van der Waals surface area (Å²) in [6.45, 7) is 0. The topological polar surface area (TPSA) is 21.6 Å². The normalized spacial score (nSPS) is 28.2. The van der Waals surface area contributed by atoms with Crippen molar-refractivity contribution < 1.29 is 9.13 Å². The predicted molar refractivity (Wildman–Crippen MR) is 60.1 cm³/mol. The van der Waals surface area contributed by atoms with Crippen LogP contribution in [0.4, 0.5) is 4.39 Å². The zero-order chi connectivity index (χ0) is 11.0. The smallest absolute Gasteiger partial charge is 0.216 e. The second-order valence-corrected chi connectivity index (χ2v) is 4.45. The molecule has 0 radical (unpaired) electrons. The molecule has 3 heteroatoms. The fourth-order valence-electron chi connectivity index (χ4n) is 2.42. The van der Waals surface area contributed by atoms with E-state index in [0.717, 1.165) is 18.4 Å². The van der Waals surface area contributed by atoms with Crippen molar-refractivity contribution in [1.82, 2.24) is 0 Å². The Morgan fingerprint density at radius 2 is 1.88 bits per heavy atom. The molecule has 1 aromatic rings. The van der Waals surface area contributed by atoms with E-state index in [9.17, 15) is 4.39 Å². The molecule has 16 heavy (non-hydrogen) atoms. The van der Waals surface area contributed by atoms with Crippen LogP contribution >= 0.6 is 0 Å². The van der Waals surface area contributed by atoms with Gasteiger partial charge in [0.05, 0.1) is 6.04 Å². The number of hydrogen-bond acceptors (Lipinski definition) is 2. The first-order chi connectivity index (χ1) is 7.83. The Morgan fingerprint density at radius 1 is 1.12 bits per heavy atom. The minimum Gasteiger partial charge on any atom is -0.472 e. The van der Waals surface area contributed by atoms with Gasteiger partial charge in [-0.3, -0.25) is 0 Å². The number of benzene rings is 1. The zero-order valence-corrected chi connectivity index (χ0v) is 9.03. The lowest BCUT2D eigenvalue weighted by Crippen LogP contribution is -2.26. The fourth-order valence-corrected chi connectivity index (χ4v) is 2.42. The highest BCUT2D eigenvalue weighted by Gasteiger charge is 2.33. The van der Waals surface area contributed by atoms with Gasteiger partial charge < -0.3 is 4.74 Å². The van der Waals surface area contributed by atoms with Gasteiger partial charge in [0.15, 0.2) is 0 Å². The van der Waals surface area contributed by atoms with Crippen LogP contribution in [0.15, 0.2) is 29.3 Å². The third kappa shape index (κ3) is 1.70. The maximum atomic E-state index is 12.8. The molecule has 0 N–H and O–H groups in total. The van der Waals surface area contributed by atoms with E-state index < -0.39 is 0 Å². The summed E-state index contributed by atoms with van der Waals surface area (Å²) in [5.74, 6) is 0.469. The maximum absolute atomic E-state index is 12.8. The van der Waals surface area contributed by atoms with Crippen LogP contribution in [-0.2, 0) is 4.74 Å². The van der Waals surface area contributed by atoms with Gasteiger partial charge in [0.1, 0.15) is 11.9 Å². The van der Waals surface area contributed by atoms with Crippen molar-refractivity contribution in [2.24, 2.45) is 4.99 Å². The Morgan fingerprint density at radius 3 is 2.62 bits per heavy atom. The Hall–Kier alpha value is -1.38. The predicted octanol–water partition coefficient (Wildman–Crippen LogP) is 2.91. The molecular formula is C13H14FNO. The molecule has 84 valence electrons. The molecule has 0 saturated heterocycles. The summed E-state index contributed by atoms with van der Waals surface area (Å²) in [6.07, 6.45) is 4.94. The minimum atomic E-state index is -0.222. The number of hydrogen-bond donors (Lipinski definition) is 0. The Balaban J connectivity index is 1.83. The molecule has 1 heterocycles. The quantitative estimate of drug-likeness (QED) is 0.711. The molecule has 0 spiro atoms. The Kier molecular flexibility index (Phi) is 2.39. The second kappa shape index (κ2) is 3.89. The first-order valence-electron chi connectivity index (χ1n) is 5.83. The molecule has 1 aromatic carbocycles. The summed E-state index contributed by atoms with van der Waals surface area (Å²) in [7, 11) is 0. The lowest BCUT2D eigenvalue weighted by molar-refractivity contribution is 0.153. The fraction of sp³-hybridized carbons (Fsp3) is 0.462. The van der Waals surface area contributed by atoms with E-state index >= 15 is 0 Å². The van der Waals surface area contributed by atoms with Crippen LogP contribution in [0, 0.1) is 5.82 Å². The number of rotatable bonds is 1. The summed E-state index contributed by atoms with van der Waals surface area (Å²) in [5.41, 5.74) is 0.885. The van der Waals surface area contributed by atoms with Gasteiger partial charge in [-0.15, -0.1) is 0 Å². The van der Waals surface area contributed by atoms with Crippen molar-refractivity contribution in [3.63, 3.8) is 0 Å². The molecule has 0 unspecified atom stereocenters. The average Bonchev–Trinajstić information content (AvgIpc) is 2.73. The monoisotopic (exact) mass is 219 g/mol. The number of halogens is 1. The van der Waals surface area contributed by atoms with E-state index in [1.54, 1.807) is 12.1 Å². The van der Waals surface area contributed by atoms with Crippen LogP contribution < -0.4 is 0 Å². The van der Waals surface area contributed by atoms with Crippen LogP contribution in [0.5, 0.6) is 0 Å². The van der Waals surface area contributed by atoms with Crippen molar-refractivity contribution in [2.45, 2.75) is 37.8 Å². The highest BCUT2D eigenvalue weighted by Crippen LogP contribution is 2.29. The van der Waals surface area contributed by atoms with Crippen molar-refractivity contribution in [1.29, 1.82) is 0 Å². The van der Waals surface area contributed by atoms with Gasteiger partial charge in [-0.2, -0.15) is 0 Å². The van der Waals surface area contributed by atoms with E-state index in [-0.39, 0.29) is 11.9 Å². The van der Waals surface area contributed by atoms with E-state index in [2.05, 4.69) is 4.99 Å². The van der Waals surface area contributed by atoms with Crippen LogP contribution in [0.1, 0.15) is 31.2 Å². The van der Waals surface area contributed by atoms with Crippen LogP contribution in [0.2, 0.25) is 0 Å². The molecule has 2 nitrogen and oxygen atoms in total. The lowest BCUT2D eigenvalue weighted by atomic mass is 9.94. The summed E-state index contributed by atoms with van der Waals surface area (Å²) in [5, 5.41) is 0. The van der Waals surface area contributed by atoms with Gasteiger partial charge in [0.2, 0.25) is 5.90 Å². The number of fused-ring (bicyclic) bond motifs is 1. The van der Waals surface area contributed by atoms with Gasteiger partial charge in [0.25, 0.3) is 0 Å². The third-order valence-corrected chi connectivity index (χ3v) is 3.30. The maximum Gasteiger partial charge on any atom is 0.216 e.